The number of hydrogen-bond acceptors (Lipinski definition) is 2. The van der Waals surface area contributed by atoms with Crippen molar-refractivity contribution in [3.8, 4) is 0 Å². The second-order valence-electron chi connectivity index (χ2n) is 1.83. The van der Waals surface area contributed by atoms with Gasteiger partial charge in [-0.1, -0.05) is 0 Å². The monoisotopic (exact) mass is 148 g/mol. The van der Waals surface area contributed by atoms with Crippen LogP contribution < -0.4 is 0 Å². The van der Waals surface area contributed by atoms with Crippen LogP contribution in [-0.2, 0) is 4.74 Å². The van der Waals surface area contributed by atoms with E-state index in [4.69, 9.17) is 21.7 Å². The van der Waals surface area contributed by atoms with Gasteiger partial charge in [-0.2, -0.15) is 0 Å². The minimum atomic E-state index is 0.260. The average Bonchev–Trinajstić information content (AvgIpc) is 2.18. The van der Waals surface area contributed by atoms with Crippen LogP contribution in [0.5, 0.6) is 0 Å². The third-order valence-electron chi connectivity index (χ3n) is 1.24. The number of rotatable bonds is 2. The van der Waals surface area contributed by atoms with Gasteiger partial charge < -0.3 is 9.64 Å². The molecule has 1 rings (SSSR count). The van der Waals surface area contributed by atoms with E-state index in [9.17, 15) is 0 Å². The van der Waals surface area contributed by atoms with E-state index in [1.54, 1.807) is 0 Å². The van der Waals surface area contributed by atoms with Gasteiger partial charge in [-0.25, -0.2) is 0 Å². The zero-order valence-electron chi connectivity index (χ0n) is 5.06. The van der Waals surface area contributed by atoms with Crippen LogP contribution in [0.25, 0.3) is 0 Å². The van der Waals surface area contributed by atoms with Crippen molar-refractivity contribution in [2.75, 3.05) is 25.6 Å². The molecule has 52 valence electrons. The van der Waals surface area contributed by atoms with E-state index in [0.717, 1.165) is 13.1 Å². The summed E-state index contributed by atoms with van der Waals surface area (Å²) in [6, 6.07) is 0.260. The molecule has 4 heteroatoms. The van der Waals surface area contributed by atoms with Crippen LogP contribution >= 0.6 is 11.6 Å². The molecule has 1 fully saturated rings. The van der Waals surface area contributed by atoms with E-state index in [2.05, 4.69) is 0 Å². The van der Waals surface area contributed by atoms with E-state index in [1.807, 2.05) is 4.90 Å². The van der Waals surface area contributed by atoms with Gasteiger partial charge >= 0.3 is 0 Å². The molecule has 0 radical (unpaired) electrons. The van der Waals surface area contributed by atoms with Gasteiger partial charge in [-0.3, -0.25) is 5.41 Å². The number of amidine groups is 1. The molecule has 0 saturated carbocycles. The van der Waals surface area contributed by atoms with E-state index in [0.29, 0.717) is 12.5 Å². The van der Waals surface area contributed by atoms with Gasteiger partial charge in [0.05, 0.1) is 6.54 Å². The Hall–Kier alpha value is -0.440. The van der Waals surface area contributed by atoms with Crippen LogP contribution in [0.2, 0.25) is 0 Å². The molecule has 0 spiro atoms. The predicted molar refractivity (Wildman–Crippen MR) is 36.0 cm³/mol. The molecule has 0 amide bonds. The Morgan fingerprint density at radius 1 is 1.78 bits per heavy atom. The van der Waals surface area contributed by atoms with Crippen molar-refractivity contribution < 1.29 is 4.74 Å². The summed E-state index contributed by atoms with van der Waals surface area (Å²) in [5, 5.41) is 7.15. The molecule has 0 atom stereocenters. The van der Waals surface area contributed by atoms with Crippen LogP contribution in [0.4, 0.5) is 0 Å². The second kappa shape index (κ2) is 2.92. The van der Waals surface area contributed by atoms with Crippen LogP contribution in [0.3, 0.4) is 0 Å². The number of ether oxygens (including phenoxy) is 1. The maximum absolute atomic E-state index is 7.15. The zero-order valence-corrected chi connectivity index (χ0v) is 5.82. The van der Waals surface area contributed by atoms with Gasteiger partial charge in [0.1, 0.15) is 6.61 Å². The molecule has 1 aliphatic rings. The van der Waals surface area contributed by atoms with Crippen molar-refractivity contribution in [3.63, 3.8) is 0 Å². The Balaban J connectivity index is 2.31. The fourth-order valence-corrected chi connectivity index (χ4v) is 0.965. The van der Waals surface area contributed by atoms with Gasteiger partial charge in [0.2, 0.25) is 0 Å². The third kappa shape index (κ3) is 1.48. The summed E-state index contributed by atoms with van der Waals surface area (Å²) < 4.78 is 4.87. The topological polar surface area (TPSA) is 36.3 Å². The van der Waals surface area contributed by atoms with Crippen molar-refractivity contribution >= 4 is 17.6 Å². The summed E-state index contributed by atoms with van der Waals surface area (Å²) in [4.78, 5) is 1.81. The Morgan fingerprint density at radius 2 is 2.56 bits per heavy atom. The number of alkyl halides is 1. The first-order chi connectivity index (χ1) is 4.34. The number of hydrogen-bond donors (Lipinski definition) is 1. The SMILES string of the molecule is N=C1OCCN1CCCl. The lowest BCUT2D eigenvalue weighted by molar-refractivity contribution is 0.348. The van der Waals surface area contributed by atoms with Gasteiger partial charge in [0.15, 0.2) is 0 Å². The lowest BCUT2D eigenvalue weighted by atomic mass is 10.6. The van der Waals surface area contributed by atoms with E-state index in [1.165, 1.54) is 0 Å². The molecule has 9 heavy (non-hydrogen) atoms. The fourth-order valence-electron chi connectivity index (χ4n) is 0.761. The smallest absolute Gasteiger partial charge is 0.284 e. The first-order valence-electron chi connectivity index (χ1n) is 2.87. The Bertz CT molecular complexity index is 118. The zero-order chi connectivity index (χ0) is 6.69. The van der Waals surface area contributed by atoms with Crippen molar-refractivity contribution in [1.82, 2.24) is 4.90 Å². The minimum Gasteiger partial charge on any atom is -0.463 e. The second-order valence-corrected chi connectivity index (χ2v) is 2.21. The number of halogens is 1. The first-order valence-corrected chi connectivity index (χ1v) is 3.40. The maximum Gasteiger partial charge on any atom is 0.284 e. The molecule has 0 aromatic carbocycles. The quantitative estimate of drug-likeness (QED) is 0.579. The van der Waals surface area contributed by atoms with Gasteiger partial charge in [0.25, 0.3) is 6.02 Å². The van der Waals surface area contributed by atoms with Crippen molar-refractivity contribution in [1.29, 1.82) is 5.41 Å². The van der Waals surface area contributed by atoms with Gasteiger partial charge in [-0.05, 0) is 0 Å². The van der Waals surface area contributed by atoms with Gasteiger partial charge in [-0.15, -0.1) is 11.6 Å². The van der Waals surface area contributed by atoms with Crippen LogP contribution in [0, 0.1) is 5.41 Å². The standard InChI is InChI=1S/C5H9ClN2O/c6-1-2-8-3-4-9-5(8)7/h7H,1-4H2. The molecule has 1 saturated heterocycles. The lowest BCUT2D eigenvalue weighted by Gasteiger charge is -2.10. The molecule has 0 aromatic heterocycles. The molecule has 1 heterocycles. The number of nitrogens with zero attached hydrogens (tertiary/aromatic N) is 1. The molecule has 0 unspecified atom stereocenters. The normalized spacial score (nSPS) is 18.3. The van der Waals surface area contributed by atoms with Crippen molar-refractivity contribution in [3.05, 3.63) is 0 Å². The molecule has 1 N–H and O–H groups in total. The highest BCUT2D eigenvalue weighted by Crippen LogP contribution is 2.00. The van der Waals surface area contributed by atoms with Crippen molar-refractivity contribution in [2.45, 2.75) is 0 Å². The van der Waals surface area contributed by atoms with E-state index in [-0.39, 0.29) is 6.02 Å². The van der Waals surface area contributed by atoms with Gasteiger partial charge in [0, 0.05) is 12.4 Å². The molecule has 1 aliphatic heterocycles. The number of nitrogens with one attached hydrogen (secondary N) is 1. The third-order valence-corrected chi connectivity index (χ3v) is 1.41. The minimum absolute atomic E-state index is 0.260. The molecule has 0 bridgehead atoms. The van der Waals surface area contributed by atoms with E-state index < -0.39 is 0 Å². The largest absolute Gasteiger partial charge is 0.463 e. The molecule has 0 aromatic rings. The first kappa shape index (κ1) is 6.68. The molecular weight excluding hydrogens is 140 g/mol. The highest BCUT2D eigenvalue weighted by Gasteiger charge is 2.16. The molecular formula is C5H9ClN2O. The fraction of sp³-hybridized carbons (Fsp3) is 0.800. The predicted octanol–water partition coefficient (Wildman–Crippen LogP) is 0.492. The maximum atomic E-state index is 7.15. The summed E-state index contributed by atoms with van der Waals surface area (Å²) in [6.07, 6.45) is 0. The average molecular weight is 149 g/mol. The summed E-state index contributed by atoms with van der Waals surface area (Å²) in [5.74, 6) is 0.561. The summed E-state index contributed by atoms with van der Waals surface area (Å²) >= 11 is 5.45. The summed E-state index contributed by atoms with van der Waals surface area (Å²) in [7, 11) is 0. The summed E-state index contributed by atoms with van der Waals surface area (Å²) in [6.45, 7) is 2.17. The highest BCUT2D eigenvalue weighted by atomic mass is 35.5. The van der Waals surface area contributed by atoms with Crippen LogP contribution in [-0.4, -0.2) is 36.5 Å². The van der Waals surface area contributed by atoms with E-state index >= 15 is 0 Å². The molecule has 0 aliphatic carbocycles. The Morgan fingerprint density at radius 3 is 3.00 bits per heavy atom. The summed E-state index contributed by atoms with van der Waals surface area (Å²) in [5.41, 5.74) is 0. The van der Waals surface area contributed by atoms with Crippen LogP contribution in [0.15, 0.2) is 0 Å². The lowest BCUT2D eigenvalue weighted by Crippen LogP contribution is -2.26. The van der Waals surface area contributed by atoms with Crippen molar-refractivity contribution in [2.24, 2.45) is 0 Å². The van der Waals surface area contributed by atoms with Crippen LogP contribution in [0.1, 0.15) is 0 Å². The molecule has 3 nitrogen and oxygen atoms in total. The Kier molecular flexibility index (Phi) is 2.16. The highest BCUT2D eigenvalue weighted by molar-refractivity contribution is 6.18. The Labute approximate surface area is 59.1 Å².